The highest BCUT2D eigenvalue weighted by molar-refractivity contribution is 5.69. The molecule has 1 saturated heterocycles. The van der Waals surface area contributed by atoms with Crippen LogP contribution >= 0.6 is 0 Å². The van der Waals surface area contributed by atoms with Gasteiger partial charge < -0.3 is 9.47 Å². The van der Waals surface area contributed by atoms with Crippen molar-refractivity contribution in [2.45, 2.75) is 63.9 Å². The molecule has 3 heterocycles. The molecule has 0 N–H and O–H groups in total. The first-order valence-electron chi connectivity index (χ1n) is 8.29. The van der Waals surface area contributed by atoms with E-state index in [0.717, 1.165) is 6.07 Å². The van der Waals surface area contributed by atoms with E-state index < -0.39 is 41.9 Å². The third-order valence-corrected chi connectivity index (χ3v) is 4.31. The van der Waals surface area contributed by atoms with Gasteiger partial charge in [0.15, 0.2) is 0 Å². The van der Waals surface area contributed by atoms with E-state index >= 15 is 0 Å². The zero-order valence-corrected chi connectivity index (χ0v) is 14.6. The maximum absolute atomic E-state index is 14.4. The Labute approximate surface area is 148 Å². The van der Waals surface area contributed by atoms with Crippen LogP contribution in [0.1, 0.15) is 50.2 Å². The van der Waals surface area contributed by atoms with Gasteiger partial charge in [-0.15, -0.1) is 0 Å². The van der Waals surface area contributed by atoms with Crippen LogP contribution in [0, 0.1) is 0 Å². The molecule has 2 aliphatic rings. The van der Waals surface area contributed by atoms with Crippen LogP contribution in [0.4, 0.5) is 22.4 Å². The number of halogens is 4. The van der Waals surface area contributed by atoms with Gasteiger partial charge in [0.25, 0.3) is 0 Å². The summed E-state index contributed by atoms with van der Waals surface area (Å²) in [6, 6.07) is 1.23. The summed E-state index contributed by atoms with van der Waals surface area (Å²) in [5.41, 5.74) is -1.38. The first kappa shape index (κ1) is 18.9. The Morgan fingerprint density at radius 3 is 2.62 bits per heavy atom. The minimum absolute atomic E-state index is 0.0590. The van der Waals surface area contributed by atoms with Crippen LogP contribution in [0.15, 0.2) is 12.1 Å². The normalized spacial score (nSPS) is 26.1. The van der Waals surface area contributed by atoms with Crippen molar-refractivity contribution in [1.82, 2.24) is 9.88 Å². The number of piperidine rings is 1. The van der Waals surface area contributed by atoms with Crippen molar-refractivity contribution in [3.05, 3.63) is 29.1 Å². The number of hydrogen-bond acceptors (Lipinski definition) is 4. The van der Waals surface area contributed by atoms with Gasteiger partial charge in [0.1, 0.15) is 23.6 Å². The zero-order valence-electron chi connectivity index (χ0n) is 14.6. The Hall–Kier alpha value is -1.90. The topological polar surface area (TPSA) is 51.7 Å². The highest BCUT2D eigenvalue weighted by atomic mass is 19.4. The second-order valence-electron chi connectivity index (χ2n) is 7.43. The van der Waals surface area contributed by atoms with Gasteiger partial charge in [0.2, 0.25) is 0 Å². The number of fused-ring (bicyclic) bond motifs is 3. The molecule has 5 nitrogen and oxygen atoms in total. The number of rotatable bonds is 0. The molecule has 3 atom stereocenters. The average Bonchev–Trinajstić information content (AvgIpc) is 2.51. The van der Waals surface area contributed by atoms with Crippen LogP contribution in [0.3, 0.4) is 0 Å². The monoisotopic (exact) mass is 376 g/mol. The summed E-state index contributed by atoms with van der Waals surface area (Å²) < 4.78 is 63.8. The van der Waals surface area contributed by atoms with Gasteiger partial charge in [-0.05, 0) is 33.3 Å². The van der Waals surface area contributed by atoms with Crippen molar-refractivity contribution >= 4 is 6.09 Å². The van der Waals surface area contributed by atoms with Crippen LogP contribution in [0.2, 0.25) is 0 Å². The smallest absolute Gasteiger partial charge is 0.433 e. The van der Waals surface area contributed by atoms with E-state index in [1.807, 2.05) is 0 Å². The summed E-state index contributed by atoms with van der Waals surface area (Å²) in [7, 11) is 0. The van der Waals surface area contributed by atoms with Gasteiger partial charge in [-0.25, -0.2) is 14.2 Å². The number of amides is 1. The van der Waals surface area contributed by atoms with Crippen LogP contribution in [-0.2, 0) is 22.3 Å². The number of hydrogen-bond donors (Lipinski definition) is 0. The molecule has 0 spiro atoms. The van der Waals surface area contributed by atoms with Crippen LogP contribution in [-0.4, -0.2) is 40.4 Å². The van der Waals surface area contributed by atoms with E-state index in [4.69, 9.17) is 9.47 Å². The van der Waals surface area contributed by atoms with E-state index in [1.54, 1.807) is 20.8 Å². The number of carbonyl (C=O) groups is 1. The lowest BCUT2D eigenvalue weighted by molar-refractivity contribution is -0.142. The molecule has 1 aromatic heterocycles. The minimum atomic E-state index is -4.59. The molecule has 0 aromatic carbocycles. The lowest BCUT2D eigenvalue weighted by atomic mass is 9.88. The molecule has 26 heavy (non-hydrogen) atoms. The Morgan fingerprint density at radius 2 is 2.00 bits per heavy atom. The van der Waals surface area contributed by atoms with Crippen molar-refractivity contribution in [2.75, 3.05) is 6.54 Å². The number of alkyl halides is 4. The molecule has 0 bridgehead atoms. The SMILES string of the molecule is CC(C)(C)OC(=O)N1CCC(F)[C@@H]2OCc3nc(C(F)(F)F)ccc3[C@@H]21. The lowest BCUT2D eigenvalue weighted by Crippen LogP contribution is -2.54. The largest absolute Gasteiger partial charge is 0.444 e. The molecule has 0 saturated carbocycles. The average molecular weight is 376 g/mol. The summed E-state index contributed by atoms with van der Waals surface area (Å²) in [6.07, 6.45) is -7.46. The quantitative estimate of drug-likeness (QED) is 0.642. The van der Waals surface area contributed by atoms with Crippen molar-refractivity contribution in [3.63, 3.8) is 0 Å². The number of aromatic nitrogens is 1. The summed E-state index contributed by atoms with van der Waals surface area (Å²) in [5.74, 6) is 0. The third-order valence-electron chi connectivity index (χ3n) is 4.31. The standard InChI is InChI=1S/C17H20F4N2O3/c1-16(2,3)26-15(24)23-7-6-10(18)14-13(23)9-4-5-12(17(19,20)21)22-11(9)8-25-14/h4-5,10,13-14H,6-8H2,1-3H3/t10?,13-,14-/m0/s1. The fraction of sp³-hybridized carbons (Fsp3) is 0.647. The number of nitrogens with zero attached hydrogens (tertiary/aromatic N) is 2. The minimum Gasteiger partial charge on any atom is -0.444 e. The third kappa shape index (κ3) is 3.62. The molecular weight excluding hydrogens is 356 g/mol. The van der Waals surface area contributed by atoms with Gasteiger partial charge in [0, 0.05) is 12.1 Å². The lowest BCUT2D eigenvalue weighted by Gasteiger charge is -2.45. The highest BCUT2D eigenvalue weighted by Gasteiger charge is 2.47. The van der Waals surface area contributed by atoms with Crippen molar-refractivity contribution in [2.24, 2.45) is 0 Å². The van der Waals surface area contributed by atoms with Crippen molar-refractivity contribution in [1.29, 1.82) is 0 Å². The summed E-state index contributed by atoms with van der Waals surface area (Å²) in [5, 5.41) is 0. The van der Waals surface area contributed by atoms with Gasteiger partial charge in [-0.1, -0.05) is 6.07 Å². The fourth-order valence-corrected chi connectivity index (χ4v) is 3.24. The maximum Gasteiger partial charge on any atom is 0.433 e. The molecule has 1 aromatic rings. The summed E-state index contributed by atoms with van der Waals surface area (Å²) >= 11 is 0. The number of carbonyl (C=O) groups excluding carboxylic acids is 1. The summed E-state index contributed by atoms with van der Waals surface area (Å²) in [4.78, 5) is 17.5. The second-order valence-corrected chi connectivity index (χ2v) is 7.43. The molecule has 1 amide bonds. The van der Waals surface area contributed by atoms with E-state index in [0.29, 0.717) is 5.56 Å². The summed E-state index contributed by atoms with van der Waals surface area (Å²) in [6.45, 7) is 4.95. The van der Waals surface area contributed by atoms with Gasteiger partial charge in [-0.2, -0.15) is 13.2 Å². The van der Waals surface area contributed by atoms with E-state index in [1.165, 1.54) is 11.0 Å². The molecule has 0 aliphatic carbocycles. The number of likely N-dealkylation sites (tertiary alicyclic amines) is 1. The van der Waals surface area contributed by atoms with Crippen molar-refractivity contribution in [3.8, 4) is 0 Å². The Kier molecular flexibility index (Phi) is 4.62. The molecule has 1 unspecified atom stereocenters. The van der Waals surface area contributed by atoms with E-state index in [2.05, 4.69) is 4.98 Å². The first-order chi connectivity index (χ1) is 12.0. The molecule has 2 aliphatic heterocycles. The first-order valence-corrected chi connectivity index (χ1v) is 8.29. The van der Waals surface area contributed by atoms with Gasteiger partial charge >= 0.3 is 12.3 Å². The molecule has 9 heteroatoms. The fourth-order valence-electron chi connectivity index (χ4n) is 3.24. The molecular formula is C17H20F4N2O3. The van der Waals surface area contributed by atoms with Crippen molar-refractivity contribution < 1.29 is 31.8 Å². The maximum atomic E-state index is 14.4. The predicted molar refractivity (Wildman–Crippen MR) is 83.0 cm³/mol. The van der Waals surface area contributed by atoms with E-state index in [-0.39, 0.29) is 25.3 Å². The highest BCUT2D eigenvalue weighted by Crippen LogP contribution is 2.41. The zero-order chi connectivity index (χ0) is 19.3. The molecule has 1 fully saturated rings. The predicted octanol–water partition coefficient (Wildman–Crippen LogP) is 4.02. The second kappa shape index (κ2) is 6.37. The Balaban J connectivity index is 1.98. The van der Waals surface area contributed by atoms with Crippen LogP contribution < -0.4 is 0 Å². The Morgan fingerprint density at radius 1 is 1.31 bits per heavy atom. The molecule has 3 rings (SSSR count). The van der Waals surface area contributed by atoms with Crippen LogP contribution in [0.5, 0.6) is 0 Å². The van der Waals surface area contributed by atoms with E-state index in [9.17, 15) is 22.4 Å². The number of ether oxygens (including phenoxy) is 2. The molecule has 144 valence electrons. The molecule has 0 radical (unpaired) electrons. The Bertz CT molecular complexity index is 702. The van der Waals surface area contributed by atoms with Gasteiger partial charge in [0.05, 0.1) is 18.3 Å². The van der Waals surface area contributed by atoms with Gasteiger partial charge in [-0.3, -0.25) is 4.90 Å². The van der Waals surface area contributed by atoms with Crippen LogP contribution in [0.25, 0.3) is 0 Å². The number of pyridine rings is 1.